The fraction of sp³-hybridized carbons (Fsp3) is 0.364. The number of carbonyl (C=O) groups is 1. The van der Waals surface area contributed by atoms with Crippen molar-refractivity contribution in [2.45, 2.75) is 70.0 Å². The molecule has 3 aromatic carbocycles. The summed E-state index contributed by atoms with van der Waals surface area (Å²) >= 11 is 0. The van der Waals surface area contributed by atoms with Crippen molar-refractivity contribution < 1.29 is 22.7 Å². The molecule has 1 aromatic heterocycles. The van der Waals surface area contributed by atoms with Gasteiger partial charge in [-0.05, 0) is 73.9 Å². The molecule has 0 bridgehead atoms. The molecule has 0 fully saturated rings. The molecule has 9 nitrogen and oxygen atoms in total. The maximum Gasteiger partial charge on any atom is 0.306 e. The molecule has 1 aliphatic heterocycles. The van der Waals surface area contributed by atoms with Crippen LogP contribution in [0.25, 0.3) is 0 Å². The summed E-state index contributed by atoms with van der Waals surface area (Å²) in [6, 6.07) is 22.9. The second-order valence-corrected chi connectivity index (χ2v) is 12.9. The van der Waals surface area contributed by atoms with Crippen molar-refractivity contribution in [3.8, 4) is 5.75 Å². The minimum absolute atomic E-state index is 0.138. The summed E-state index contributed by atoms with van der Waals surface area (Å²) in [5.41, 5.74) is 4.81. The third-order valence-electron chi connectivity index (χ3n) is 7.69. The van der Waals surface area contributed by atoms with Crippen molar-refractivity contribution in [3.63, 3.8) is 0 Å². The molecule has 1 aliphatic rings. The molecular formula is C33H38N4O5S. The van der Waals surface area contributed by atoms with Gasteiger partial charge in [0, 0.05) is 12.7 Å². The van der Waals surface area contributed by atoms with E-state index in [0.717, 1.165) is 27.9 Å². The second-order valence-electron chi connectivity index (χ2n) is 11.0. The molecule has 0 radical (unpaired) electrons. The molecule has 4 aromatic rings. The molecular weight excluding hydrogens is 564 g/mol. The molecule has 5 rings (SSSR count). The summed E-state index contributed by atoms with van der Waals surface area (Å²) in [5, 5.41) is 8.65. The Hall–Kier alpha value is -4.02. The summed E-state index contributed by atoms with van der Waals surface area (Å²) in [6.45, 7) is 7.02. The van der Waals surface area contributed by atoms with Crippen molar-refractivity contribution in [3.05, 3.63) is 107 Å². The first-order valence-corrected chi connectivity index (χ1v) is 16.1. The fourth-order valence-electron chi connectivity index (χ4n) is 5.42. The van der Waals surface area contributed by atoms with Crippen LogP contribution in [0.1, 0.15) is 60.6 Å². The predicted molar refractivity (Wildman–Crippen MR) is 163 cm³/mol. The van der Waals surface area contributed by atoms with Gasteiger partial charge < -0.3 is 9.47 Å². The minimum atomic E-state index is -3.78. The molecule has 226 valence electrons. The molecule has 0 amide bonds. The number of esters is 1. The van der Waals surface area contributed by atoms with Crippen molar-refractivity contribution >= 4 is 16.0 Å². The lowest BCUT2D eigenvalue weighted by Crippen LogP contribution is -2.35. The molecule has 1 unspecified atom stereocenters. The number of carbonyl (C=O) groups excluding carboxylic acids is 1. The van der Waals surface area contributed by atoms with Gasteiger partial charge in [-0.3, -0.25) is 4.79 Å². The van der Waals surface area contributed by atoms with E-state index in [1.807, 2.05) is 61.1 Å². The monoisotopic (exact) mass is 602 g/mol. The van der Waals surface area contributed by atoms with Gasteiger partial charge in [0.2, 0.25) is 10.0 Å². The third kappa shape index (κ3) is 7.50. The van der Waals surface area contributed by atoms with E-state index in [4.69, 9.17) is 9.47 Å². The van der Waals surface area contributed by atoms with Crippen LogP contribution in [0.4, 0.5) is 0 Å². The Kier molecular flexibility index (Phi) is 9.57. The van der Waals surface area contributed by atoms with Crippen LogP contribution in [-0.2, 0) is 39.1 Å². The average Bonchev–Trinajstić information content (AvgIpc) is 3.40. The first-order chi connectivity index (χ1) is 20.7. The number of hydrogen-bond acceptors (Lipinski definition) is 7. The highest BCUT2D eigenvalue weighted by molar-refractivity contribution is 7.89. The molecule has 0 saturated carbocycles. The normalized spacial score (nSPS) is 17.0. The predicted octanol–water partition coefficient (Wildman–Crippen LogP) is 5.28. The Morgan fingerprint density at radius 1 is 1.07 bits per heavy atom. The van der Waals surface area contributed by atoms with Gasteiger partial charge in [-0.2, -0.15) is 4.31 Å². The lowest BCUT2D eigenvalue weighted by Gasteiger charge is -2.24. The zero-order chi connectivity index (χ0) is 30.4. The van der Waals surface area contributed by atoms with E-state index >= 15 is 0 Å². The Bertz CT molecular complexity index is 1650. The van der Waals surface area contributed by atoms with Crippen LogP contribution in [0, 0.1) is 6.92 Å². The van der Waals surface area contributed by atoms with Crippen molar-refractivity contribution in [2.24, 2.45) is 0 Å². The van der Waals surface area contributed by atoms with Crippen LogP contribution in [0.15, 0.2) is 83.9 Å². The molecule has 0 N–H and O–H groups in total. The van der Waals surface area contributed by atoms with Crippen LogP contribution >= 0.6 is 0 Å². The zero-order valence-corrected chi connectivity index (χ0v) is 25.7. The largest absolute Gasteiger partial charge is 0.488 e. The number of sulfonamides is 1. The molecule has 0 saturated heterocycles. The first kappa shape index (κ1) is 30.4. The number of nitrogens with zero attached hydrogens (tertiary/aromatic N) is 4. The van der Waals surface area contributed by atoms with Gasteiger partial charge in [0.25, 0.3) is 0 Å². The highest BCUT2D eigenvalue weighted by Crippen LogP contribution is 2.33. The number of rotatable bonds is 11. The van der Waals surface area contributed by atoms with E-state index in [2.05, 4.69) is 22.4 Å². The number of para-hydroxylation sites is 1. The van der Waals surface area contributed by atoms with Gasteiger partial charge in [-0.15, -0.1) is 5.10 Å². The van der Waals surface area contributed by atoms with Gasteiger partial charge in [-0.25, -0.2) is 13.1 Å². The van der Waals surface area contributed by atoms with Crippen molar-refractivity contribution in [1.82, 2.24) is 19.3 Å². The van der Waals surface area contributed by atoms with E-state index in [-0.39, 0.29) is 42.4 Å². The van der Waals surface area contributed by atoms with Gasteiger partial charge >= 0.3 is 5.97 Å². The summed E-state index contributed by atoms with van der Waals surface area (Å²) in [6.07, 6.45) is 3.14. The van der Waals surface area contributed by atoms with Gasteiger partial charge in [0.1, 0.15) is 16.7 Å². The summed E-state index contributed by atoms with van der Waals surface area (Å²) in [5.74, 6) is -0.0281. The molecule has 2 atom stereocenters. The Labute approximate surface area is 253 Å². The van der Waals surface area contributed by atoms with Crippen LogP contribution in [0.5, 0.6) is 5.75 Å². The number of aromatic nitrogens is 3. The van der Waals surface area contributed by atoms with Crippen LogP contribution in [-0.4, -0.2) is 52.9 Å². The fourth-order valence-corrected chi connectivity index (χ4v) is 7.04. The topological polar surface area (TPSA) is 104 Å². The highest BCUT2D eigenvalue weighted by atomic mass is 32.2. The molecule has 0 aliphatic carbocycles. The van der Waals surface area contributed by atoms with E-state index in [1.165, 1.54) is 4.31 Å². The summed E-state index contributed by atoms with van der Waals surface area (Å²) < 4.78 is 41.9. The van der Waals surface area contributed by atoms with E-state index in [1.54, 1.807) is 31.2 Å². The molecule has 2 heterocycles. The molecule has 10 heteroatoms. The summed E-state index contributed by atoms with van der Waals surface area (Å²) in [4.78, 5) is 12.8. The van der Waals surface area contributed by atoms with Crippen LogP contribution < -0.4 is 4.74 Å². The highest BCUT2D eigenvalue weighted by Gasteiger charge is 2.33. The van der Waals surface area contributed by atoms with Crippen molar-refractivity contribution in [1.29, 1.82) is 0 Å². The maximum atomic E-state index is 13.7. The quantitative estimate of drug-likeness (QED) is 0.215. The average molecular weight is 603 g/mol. The number of aryl methyl sites for hydroxylation is 2. The summed E-state index contributed by atoms with van der Waals surface area (Å²) in [7, 11) is -3.78. The van der Waals surface area contributed by atoms with E-state index in [0.29, 0.717) is 31.7 Å². The number of hydrogen-bond donors (Lipinski definition) is 0. The van der Waals surface area contributed by atoms with Crippen LogP contribution in [0.3, 0.4) is 0 Å². The Morgan fingerprint density at radius 3 is 2.63 bits per heavy atom. The minimum Gasteiger partial charge on any atom is -0.488 e. The Balaban J connectivity index is 1.36. The van der Waals surface area contributed by atoms with E-state index < -0.39 is 10.0 Å². The van der Waals surface area contributed by atoms with Gasteiger partial charge in [0.15, 0.2) is 0 Å². The lowest BCUT2D eigenvalue weighted by molar-refractivity contribution is -0.143. The SMILES string of the molecule is CCOC(=O)CC(CCc1cn(Cc2ccccc2)nn1)c1ccc(C)c(CN2C[C@@H](C)Oc3ccccc3S2(=O)=O)c1. The molecule has 43 heavy (non-hydrogen) atoms. The standard InChI is InChI=1S/C33H38N4O5S/c1-4-41-33(38)19-28(16-17-30-23-36(35-34-30)21-26-10-6-5-7-11-26)27-15-14-24(2)29(18-27)22-37-20-25(3)42-31-12-8-9-13-32(31)43(37,39)40/h5-15,18,23,25,28H,4,16-17,19-22H2,1-3H3/t25-,28?/m1/s1. The number of benzene rings is 3. The smallest absolute Gasteiger partial charge is 0.306 e. The third-order valence-corrected chi connectivity index (χ3v) is 9.54. The zero-order valence-electron chi connectivity index (χ0n) is 24.8. The van der Waals surface area contributed by atoms with Gasteiger partial charge in [0.05, 0.1) is 31.8 Å². The van der Waals surface area contributed by atoms with E-state index in [9.17, 15) is 13.2 Å². The lowest BCUT2D eigenvalue weighted by atomic mass is 9.88. The second kappa shape index (κ2) is 13.5. The number of fused-ring (bicyclic) bond motifs is 1. The maximum absolute atomic E-state index is 13.7. The van der Waals surface area contributed by atoms with Crippen LogP contribution in [0.2, 0.25) is 0 Å². The van der Waals surface area contributed by atoms with Crippen molar-refractivity contribution in [2.75, 3.05) is 13.2 Å². The van der Waals surface area contributed by atoms with Gasteiger partial charge in [-0.1, -0.05) is 65.9 Å². The first-order valence-electron chi connectivity index (χ1n) is 14.7. The molecule has 0 spiro atoms. The number of ether oxygens (including phenoxy) is 2. The Morgan fingerprint density at radius 2 is 1.84 bits per heavy atom.